The minimum atomic E-state index is -0.780. The summed E-state index contributed by atoms with van der Waals surface area (Å²) in [5.74, 6) is -0.877. The first-order valence-corrected chi connectivity index (χ1v) is 30.3. The van der Waals surface area contributed by atoms with Crippen molar-refractivity contribution in [1.29, 1.82) is 0 Å². The number of hydrogen-bond acceptors (Lipinski definition) is 6. The Kier molecular flexibility index (Phi) is 56.3. The van der Waals surface area contributed by atoms with Crippen molar-refractivity contribution in [2.75, 3.05) is 13.2 Å². The summed E-state index contributed by atoms with van der Waals surface area (Å²) >= 11 is 0. The molecule has 6 heteroatoms. The van der Waals surface area contributed by atoms with Gasteiger partial charge in [0.15, 0.2) is 6.10 Å². The van der Waals surface area contributed by atoms with Crippen LogP contribution < -0.4 is 0 Å². The minimum Gasteiger partial charge on any atom is -0.462 e. The topological polar surface area (TPSA) is 78.9 Å². The van der Waals surface area contributed by atoms with Crippen molar-refractivity contribution in [3.8, 4) is 0 Å². The summed E-state index contributed by atoms with van der Waals surface area (Å²) in [6, 6.07) is 0. The lowest BCUT2D eigenvalue weighted by atomic mass is 10.0. The van der Waals surface area contributed by atoms with Crippen LogP contribution in [0.3, 0.4) is 0 Å². The quantitative estimate of drug-likeness (QED) is 0.0199. The van der Waals surface area contributed by atoms with E-state index in [0.29, 0.717) is 19.3 Å². The third-order valence-electron chi connectivity index (χ3n) is 13.3. The number of unbranched alkanes of at least 4 members (excludes halogenated alkanes) is 35. The second kappa shape index (κ2) is 58.7. The molecule has 0 heterocycles. The highest BCUT2D eigenvalue weighted by Crippen LogP contribution is 2.17. The summed E-state index contributed by atoms with van der Waals surface area (Å²) in [4.78, 5) is 38.2. The molecule has 0 aromatic rings. The molecule has 1 atom stereocenters. The highest BCUT2D eigenvalue weighted by Gasteiger charge is 2.19. The average Bonchev–Trinajstić information content (AvgIpc) is 3.36. The Morgan fingerprint density at radius 2 is 0.600 bits per heavy atom. The van der Waals surface area contributed by atoms with Crippen molar-refractivity contribution in [1.82, 2.24) is 0 Å². The van der Waals surface area contributed by atoms with Crippen molar-refractivity contribution in [2.24, 2.45) is 0 Å². The fourth-order valence-electron chi connectivity index (χ4n) is 8.74. The normalized spacial score (nSPS) is 12.4. The number of esters is 3. The Balaban J connectivity index is 4.36. The van der Waals surface area contributed by atoms with Crippen LogP contribution in [0.5, 0.6) is 0 Å². The molecule has 0 saturated carbocycles. The van der Waals surface area contributed by atoms with Crippen LogP contribution in [0.1, 0.15) is 310 Å². The summed E-state index contributed by atoms with van der Waals surface area (Å²) < 4.78 is 16.9. The molecule has 0 aliphatic carbocycles. The summed E-state index contributed by atoms with van der Waals surface area (Å²) in [6.45, 7) is 6.53. The minimum absolute atomic E-state index is 0.0775. The fraction of sp³-hybridized carbons (Fsp3) is 0.797. The molecule has 0 aliphatic rings. The van der Waals surface area contributed by atoms with Crippen LogP contribution in [0.2, 0.25) is 0 Å². The molecule has 0 aliphatic heterocycles. The molecule has 0 aromatic carbocycles. The molecule has 0 bridgehead atoms. The van der Waals surface area contributed by atoms with Gasteiger partial charge in [-0.2, -0.15) is 0 Å². The van der Waals surface area contributed by atoms with Crippen LogP contribution >= 0.6 is 0 Å². The zero-order valence-electron chi connectivity index (χ0n) is 46.5. The maximum Gasteiger partial charge on any atom is 0.306 e. The second-order valence-electron chi connectivity index (χ2n) is 20.3. The first kappa shape index (κ1) is 67.1. The monoisotopic (exact) mass is 979 g/mol. The van der Waals surface area contributed by atoms with Gasteiger partial charge in [0.25, 0.3) is 0 Å². The SMILES string of the molecule is CC/C=C\C/C=C\C/C=C\CCCCCCCCC(=O)OCC(COC(=O)CCCCCCCCCCCC/C=C\C=C/CCCCC)OC(=O)CCCCCCCCCCCCCCCCCCC. The van der Waals surface area contributed by atoms with Crippen LogP contribution in [0.25, 0.3) is 0 Å². The van der Waals surface area contributed by atoms with Gasteiger partial charge in [0, 0.05) is 19.3 Å². The van der Waals surface area contributed by atoms with Gasteiger partial charge in [-0.15, -0.1) is 0 Å². The number of hydrogen-bond donors (Lipinski definition) is 0. The fourth-order valence-corrected chi connectivity index (χ4v) is 8.74. The zero-order chi connectivity index (χ0) is 50.7. The second-order valence-corrected chi connectivity index (χ2v) is 20.3. The van der Waals surface area contributed by atoms with E-state index < -0.39 is 6.10 Å². The van der Waals surface area contributed by atoms with Gasteiger partial charge in [-0.3, -0.25) is 14.4 Å². The highest BCUT2D eigenvalue weighted by molar-refractivity contribution is 5.71. The van der Waals surface area contributed by atoms with Gasteiger partial charge < -0.3 is 14.2 Å². The Labute approximate surface area is 434 Å². The van der Waals surface area contributed by atoms with Crippen molar-refractivity contribution in [3.63, 3.8) is 0 Å². The standard InChI is InChI=1S/C64H114O6/c1-4-7-10-13-16-19-22-25-28-31-32-34-36-39-42-45-48-51-54-57-63(66)69-60-61(59-68-62(65)56-53-50-47-44-41-38-35-30-27-24-21-18-15-12-9-6-3)70-64(67)58-55-52-49-46-43-40-37-33-29-26-23-20-17-14-11-8-5-2/h9,12,16,18-19,21-22,25,27,30,61H,4-8,10-11,13-15,17,20,23-24,26,28-29,31-60H2,1-3H3/b12-9-,19-16-,21-18-,25-22-,30-27-. The van der Waals surface area contributed by atoms with Crippen molar-refractivity contribution < 1.29 is 28.6 Å². The van der Waals surface area contributed by atoms with E-state index in [4.69, 9.17) is 14.2 Å². The molecule has 1 unspecified atom stereocenters. The molecule has 406 valence electrons. The van der Waals surface area contributed by atoms with Gasteiger partial charge in [-0.05, 0) is 77.0 Å². The molecule has 70 heavy (non-hydrogen) atoms. The van der Waals surface area contributed by atoms with Gasteiger partial charge in [0.2, 0.25) is 0 Å². The first-order valence-electron chi connectivity index (χ1n) is 30.3. The molecule has 0 radical (unpaired) electrons. The summed E-state index contributed by atoms with van der Waals surface area (Å²) in [7, 11) is 0. The molecule has 0 rings (SSSR count). The van der Waals surface area contributed by atoms with E-state index in [1.807, 2.05) is 0 Å². The van der Waals surface area contributed by atoms with Crippen molar-refractivity contribution >= 4 is 17.9 Å². The average molecular weight is 980 g/mol. The number of carbonyl (C=O) groups excluding carboxylic acids is 3. The molecule has 0 amide bonds. The molecule has 0 fully saturated rings. The Morgan fingerprint density at radius 1 is 0.314 bits per heavy atom. The molecule has 0 aromatic heterocycles. The van der Waals surface area contributed by atoms with Gasteiger partial charge in [0.1, 0.15) is 13.2 Å². The van der Waals surface area contributed by atoms with E-state index in [9.17, 15) is 14.4 Å². The Bertz CT molecular complexity index is 1260. The number of carbonyl (C=O) groups is 3. The van der Waals surface area contributed by atoms with E-state index in [1.165, 1.54) is 186 Å². The lowest BCUT2D eigenvalue weighted by molar-refractivity contribution is -0.167. The van der Waals surface area contributed by atoms with E-state index >= 15 is 0 Å². The van der Waals surface area contributed by atoms with Crippen LogP contribution in [0, 0.1) is 0 Å². The Morgan fingerprint density at radius 3 is 0.986 bits per heavy atom. The summed E-state index contributed by atoms with van der Waals surface area (Å²) in [6.07, 6.45) is 73.5. The number of ether oxygens (including phenoxy) is 3. The van der Waals surface area contributed by atoms with E-state index in [1.54, 1.807) is 0 Å². The van der Waals surface area contributed by atoms with Crippen LogP contribution in [0.4, 0.5) is 0 Å². The molecule has 0 saturated heterocycles. The molecular formula is C64H114O6. The van der Waals surface area contributed by atoms with Gasteiger partial charge in [-0.1, -0.05) is 274 Å². The lowest BCUT2D eigenvalue weighted by Crippen LogP contribution is -2.30. The predicted octanol–water partition coefficient (Wildman–Crippen LogP) is 20.4. The summed E-state index contributed by atoms with van der Waals surface area (Å²) in [5, 5.41) is 0. The molecule has 6 nitrogen and oxygen atoms in total. The highest BCUT2D eigenvalue weighted by atomic mass is 16.6. The van der Waals surface area contributed by atoms with Gasteiger partial charge in [0.05, 0.1) is 0 Å². The number of allylic oxidation sites excluding steroid dienone is 10. The maximum absolute atomic E-state index is 12.9. The van der Waals surface area contributed by atoms with E-state index in [2.05, 4.69) is 81.5 Å². The van der Waals surface area contributed by atoms with E-state index in [0.717, 1.165) is 83.5 Å². The third kappa shape index (κ3) is 56.0. The lowest BCUT2D eigenvalue weighted by Gasteiger charge is -2.18. The van der Waals surface area contributed by atoms with Crippen LogP contribution in [-0.4, -0.2) is 37.2 Å². The van der Waals surface area contributed by atoms with Crippen LogP contribution in [0.15, 0.2) is 60.8 Å². The molecular weight excluding hydrogens is 865 g/mol. The Hall–Kier alpha value is -2.89. The first-order chi connectivity index (χ1) is 34.5. The largest absolute Gasteiger partial charge is 0.462 e. The zero-order valence-corrected chi connectivity index (χ0v) is 46.5. The van der Waals surface area contributed by atoms with Gasteiger partial charge >= 0.3 is 17.9 Å². The maximum atomic E-state index is 12.9. The molecule has 0 N–H and O–H groups in total. The smallest absolute Gasteiger partial charge is 0.306 e. The molecule has 0 spiro atoms. The third-order valence-corrected chi connectivity index (χ3v) is 13.3. The van der Waals surface area contributed by atoms with E-state index in [-0.39, 0.29) is 31.1 Å². The van der Waals surface area contributed by atoms with Crippen molar-refractivity contribution in [3.05, 3.63) is 60.8 Å². The van der Waals surface area contributed by atoms with Gasteiger partial charge in [-0.25, -0.2) is 0 Å². The summed E-state index contributed by atoms with van der Waals surface area (Å²) in [5.41, 5.74) is 0. The van der Waals surface area contributed by atoms with Crippen LogP contribution in [-0.2, 0) is 28.6 Å². The van der Waals surface area contributed by atoms with Crippen molar-refractivity contribution in [2.45, 2.75) is 316 Å². The predicted molar refractivity (Wildman–Crippen MR) is 302 cm³/mol. The number of rotatable bonds is 55.